The number of esters is 2. The second-order valence-corrected chi connectivity index (χ2v) is 2.57. The summed E-state index contributed by atoms with van der Waals surface area (Å²) in [5.74, 6) is -1.86. The van der Waals surface area contributed by atoms with Crippen molar-refractivity contribution in [2.75, 3.05) is 14.2 Å². The summed E-state index contributed by atoms with van der Waals surface area (Å²) in [5.41, 5.74) is -0.511. The summed E-state index contributed by atoms with van der Waals surface area (Å²) in [7, 11) is 2.20. The van der Waals surface area contributed by atoms with E-state index in [1.54, 1.807) is 0 Å². The molecule has 0 heterocycles. The van der Waals surface area contributed by atoms with Crippen molar-refractivity contribution in [2.24, 2.45) is 0 Å². The van der Waals surface area contributed by atoms with E-state index in [-0.39, 0.29) is 0 Å². The minimum atomic E-state index is -0.929. The van der Waals surface area contributed by atoms with Crippen LogP contribution < -0.4 is 0 Å². The molecule has 0 radical (unpaired) electrons. The molecule has 0 atom stereocenters. The Balaban J connectivity index is 4.83. The summed E-state index contributed by atoms with van der Waals surface area (Å²) < 4.78 is 7.98. The first-order chi connectivity index (χ1) is 5.54. The van der Waals surface area contributed by atoms with Gasteiger partial charge >= 0.3 is 11.9 Å². The zero-order valence-corrected chi connectivity index (χ0v) is 7.90. The van der Waals surface area contributed by atoms with Crippen molar-refractivity contribution in [1.82, 2.24) is 0 Å². The third kappa shape index (κ3) is 2.71. The second-order valence-electron chi connectivity index (χ2n) is 1.62. The Morgan fingerprint density at radius 2 is 1.33 bits per heavy atom. The topological polar surface area (TPSA) is 52.6 Å². The van der Waals surface area contributed by atoms with Crippen LogP contribution >= 0.6 is 23.2 Å². The number of hydrogen-bond donors (Lipinski definition) is 0. The molecule has 0 rings (SSSR count). The number of ether oxygens (including phenoxy) is 2. The molecular formula is C6H6Cl2O4. The standard InChI is InChI=1S/C6H6Cl2O4/c1-11-5(9)3(4(7)8)6(10)12-2/h1-2H3. The van der Waals surface area contributed by atoms with Gasteiger partial charge in [-0.3, -0.25) is 0 Å². The molecule has 12 heavy (non-hydrogen) atoms. The average Bonchev–Trinajstić information content (AvgIpc) is 2.03. The summed E-state index contributed by atoms with van der Waals surface area (Å²) in [4.78, 5) is 21.6. The molecule has 0 aliphatic rings. The predicted molar refractivity (Wildman–Crippen MR) is 42.8 cm³/mol. The molecule has 4 nitrogen and oxygen atoms in total. The normalized spacial score (nSPS) is 8.67. The summed E-state index contributed by atoms with van der Waals surface area (Å²) in [5, 5.41) is 0. The number of carbonyl (C=O) groups is 2. The average molecular weight is 213 g/mol. The van der Waals surface area contributed by atoms with Gasteiger partial charge in [-0.1, -0.05) is 23.2 Å². The molecule has 6 heteroatoms. The van der Waals surface area contributed by atoms with Crippen LogP contribution in [0.5, 0.6) is 0 Å². The van der Waals surface area contributed by atoms with Crippen LogP contribution in [0.2, 0.25) is 0 Å². The number of halogens is 2. The lowest BCUT2D eigenvalue weighted by atomic mass is 10.3. The highest BCUT2D eigenvalue weighted by atomic mass is 35.5. The van der Waals surface area contributed by atoms with Crippen LogP contribution in [0.15, 0.2) is 10.1 Å². The molecule has 0 bridgehead atoms. The summed E-state index contributed by atoms with van der Waals surface area (Å²) in [6, 6.07) is 0. The van der Waals surface area contributed by atoms with Gasteiger partial charge in [0.2, 0.25) is 0 Å². The van der Waals surface area contributed by atoms with Gasteiger partial charge < -0.3 is 9.47 Å². The zero-order valence-electron chi connectivity index (χ0n) is 6.39. The van der Waals surface area contributed by atoms with Crippen LogP contribution in [0, 0.1) is 0 Å². The summed E-state index contributed by atoms with van der Waals surface area (Å²) in [6.45, 7) is 0. The molecule has 68 valence electrons. The van der Waals surface area contributed by atoms with Crippen LogP contribution in [-0.4, -0.2) is 26.2 Å². The van der Waals surface area contributed by atoms with Crippen molar-refractivity contribution in [3.63, 3.8) is 0 Å². The Hall–Kier alpha value is -0.740. The maximum atomic E-state index is 10.8. The van der Waals surface area contributed by atoms with E-state index in [4.69, 9.17) is 23.2 Å². The number of methoxy groups -OCH3 is 2. The zero-order chi connectivity index (χ0) is 9.72. The molecule has 0 amide bonds. The Morgan fingerprint density at radius 3 is 1.50 bits per heavy atom. The van der Waals surface area contributed by atoms with Gasteiger partial charge in [-0.05, 0) is 0 Å². The molecule has 0 saturated heterocycles. The molecule has 0 aromatic carbocycles. The fourth-order valence-corrected chi connectivity index (χ4v) is 0.750. The molecule has 0 aliphatic heterocycles. The van der Waals surface area contributed by atoms with Crippen molar-refractivity contribution in [3.05, 3.63) is 10.1 Å². The SMILES string of the molecule is COC(=O)C(C(=O)OC)=C(Cl)Cl. The molecule has 0 aromatic rings. The van der Waals surface area contributed by atoms with E-state index in [0.717, 1.165) is 14.2 Å². The minimum absolute atomic E-state index is 0.478. The first kappa shape index (κ1) is 11.3. The van der Waals surface area contributed by atoms with E-state index in [9.17, 15) is 9.59 Å². The van der Waals surface area contributed by atoms with Crippen LogP contribution in [0.4, 0.5) is 0 Å². The largest absolute Gasteiger partial charge is 0.465 e. The van der Waals surface area contributed by atoms with Crippen molar-refractivity contribution >= 4 is 35.1 Å². The molecule has 0 N–H and O–H groups in total. The predicted octanol–water partition coefficient (Wildman–Crippen LogP) is 1.02. The lowest BCUT2D eigenvalue weighted by Crippen LogP contribution is -2.16. The molecule has 0 saturated carbocycles. The maximum Gasteiger partial charge on any atom is 0.347 e. The highest BCUT2D eigenvalue weighted by Gasteiger charge is 2.23. The Labute approximate surface area is 79.0 Å². The number of carbonyl (C=O) groups excluding carboxylic acids is 2. The first-order valence-electron chi connectivity index (χ1n) is 2.76. The highest BCUT2D eigenvalue weighted by molar-refractivity contribution is 6.58. The molecule has 0 unspecified atom stereocenters. The van der Waals surface area contributed by atoms with Crippen LogP contribution in [0.25, 0.3) is 0 Å². The van der Waals surface area contributed by atoms with Gasteiger partial charge in [0, 0.05) is 0 Å². The smallest absolute Gasteiger partial charge is 0.347 e. The Bertz CT molecular complexity index is 212. The van der Waals surface area contributed by atoms with E-state index in [1.165, 1.54) is 0 Å². The number of hydrogen-bond acceptors (Lipinski definition) is 4. The third-order valence-electron chi connectivity index (χ3n) is 0.968. The van der Waals surface area contributed by atoms with Crippen molar-refractivity contribution in [1.29, 1.82) is 0 Å². The fraction of sp³-hybridized carbons (Fsp3) is 0.333. The van der Waals surface area contributed by atoms with Gasteiger partial charge in [0.1, 0.15) is 4.49 Å². The van der Waals surface area contributed by atoms with E-state index in [0.29, 0.717) is 0 Å². The van der Waals surface area contributed by atoms with E-state index < -0.39 is 22.0 Å². The summed E-state index contributed by atoms with van der Waals surface area (Å²) >= 11 is 10.5. The number of rotatable bonds is 2. The van der Waals surface area contributed by atoms with Gasteiger partial charge in [-0.15, -0.1) is 0 Å². The second kappa shape index (κ2) is 5.00. The van der Waals surface area contributed by atoms with E-state index >= 15 is 0 Å². The molecular weight excluding hydrogens is 207 g/mol. The molecule has 0 spiro atoms. The van der Waals surface area contributed by atoms with Crippen LogP contribution in [-0.2, 0) is 19.1 Å². The van der Waals surface area contributed by atoms with Crippen LogP contribution in [0.3, 0.4) is 0 Å². The quantitative estimate of drug-likeness (QED) is 0.297. The Morgan fingerprint density at radius 1 is 1.00 bits per heavy atom. The fourth-order valence-electron chi connectivity index (χ4n) is 0.442. The lowest BCUT2D eigenvalue weighted by Gasteiger charge is -2.01. The minimum Gasteiger partial charge on any atom is -0.465 e. The van der Waals surface area contributed by atoms with E-state index in [2.05, 4.69) is 9.47 Å². The van der Waals surface area contributed by atoms with Crippen molar-refractivity contribution in [2.45, 2.75) is 0 Å². The van der Waals surface area contributed by atoms with Gasteiger partial charge in [-0.2, -0.15) is 0 Å². The van der Waals surface area contributed by atoms with Crippen molar-refractivity contribution < 1.29 is 19.1 Å². The van der Waals surface area contributed by atoms with Gasteiger partial charge in [0.05, 0.1) is 14.2 Å². The molecule has 0 fully saturated rings. The van der Waals surface area contributed by atoms with Crippen molar-refractivity contribution in [3.8, 4) is 0 Å². The van der Waals surface area contributed by atoms with Crippen LogP contribution in [0.1, 0.15) is 0 Å². The molecule has 0 aliphatic carbocycles. The van der Waals surface area contributed by atoms with Gasteiger partial charge in [-0.25, -0.2) is 9.59 Å². The molecule has 0 aromatic heterocycles. The highest BCUT2D eigenvalue weighted by Crippen LogP contribution is 2.16. The van der Waals surface area contributed by atoms with Gasteiger partial charge in [0.15, 0.2) is 5.57 Å². The van der Waals surface area contributed by atoms with E-state index in [1.807, 2.05) is 0 Å². The lowest BCUT2D eigenvalue weighted by molar-refractivity contribution is -0.144. The third-order valence-corrected chi connectivity index (χ3v) is 1.35. The first-order valence-corrected chi connectivity index (χ1v) is 3.52. The van der Waals surface area contributed by atoms with Gasteiger partial charge in [0.25, 0.3) is 0 Å². The monoisotopic (exact) mass is 212 g/mol. The Kier molecular flexibility index (Phi) is 4.70. The summed E-state index contributed by atoms with van der Waals surface area (Å²) in [6.07, 6.45) is 0. The maximum absolute atomic E-state index is 10.8.